The molecular formula is C12H26N2O4. The molecule has 2 atom stereocenters. The first kappa shape index (κ1) is 17.3. The highest BCUT2D eigenvalue weighted by Gasteiger charge is 2.09. The van der Waals surface area contributed by atoms with E-state index in [4.69, 9.17) is 15.2 Å². The Morgan fingerprint density at radius 3 is 2.56 bits per heavy atom. The molecule has 0 aliphatic carbocycles. The minimum absolute atomic E-state index is 0.0403. The lowest BCUT2D eigenvalue weighted by atomic mass is 10.2. The quantitative estimate of drug-likeness (QED) is 0.442. The summed E-state index contributed by atoms with van der Waals surface area (Å²) in [4.78, 5) is 10.6. The number of hydrogen-bond donors (Lipinski definition) is 3. The lowest BCUT2D eigenvalue weighted by Crippen LogP contribution is -2.38. The zero-order valence-corrected chi connectivity index (χ0v) is 11.5. The van der Waals surface area contributed by atoms with E-state index in [2.05, 4.69) is 5.32 Å². The van der Waals surface area contributed by atoms with E-state index in [9.17, 15) is 9.90 Å². The van der Waals surface area contributed by atoms with Gasteiger partial charge in [-0.1, -0.05) is 0 Å². The number of nitrogens with one attached hydrogen (secondary N) is 1. The molecule has 0 saturated heterocycles. The van der Waals surface area contributed by atoms with Crippen molar-refractivity contribution in [2.45, 2.75) is 45.4 Å². The number of primary amides is 1. The molecule has 4 N–H and O–H groups in total. The number of carbonyl (C=O) groups is 1. The van der Waals surface area contributed by atoms with Crippen molar-refractivity contribution in [2.24, 2.45) is 5.73 Å². The van der Waals surface area contributed by atoms with Gasteiger partial charge in [-0.3, -0.25) is 4.79 Å². The molecule has 0 aromatic heterocycles. The van der Waals surface area contributed by atoms with Crippen LogP contribution in [0.15, 0.2) is 0 Å². The van der Waals surface area contributed by atoms with Crippen LogP contribution in [0.4, 0.5) is 0 Å². The van der Waals surface area contributed by atoms with Crippen LogP contribution in [0.1, 0.15) is 27.2 Å². The third-order valence-corrected chi connectivity index (χ3v) is 2.20. The van der Waals surface area contributed by atoms with Crippen LogP contribution in [-0.4, -0.2) is 55.6 Å². The fourth-order valence-electron chi connectivity index (χ4n) is 1.33. The standard InChI is InChI=1S/C12H26N2O4/c1-9(2)18-5-4-17-8-11(15)7-14-10(3)6-12(13)16/h9-11,14-15H,4-8H2,1-3H3,(H2,13,16). The number of carbonyl (C=O) groups excluding carboxylic acids is 1. The molecule has 2 unspecified atom stereocenters. The fraction of sp³-hybridized carbons (Fsp3) is 0.917. The predicted molar refractivity (Wildman–Crippen MR) is 69.2 cm³/mol. The molecule has 0 rings (SSSR count). The third kappa shape index (κ3) is 11.8. The lowest BCUT2D eigenvalue weighted by Gasteiger charge is -2.16. The van der Waals surface area contributed by atoms with Gasteiger partial charge in [0.05, 0.1) is 32.0 Å². The van der Waals surface area contributed by atoms with E-state index in [0.717, 1.165) is 0 Å². The highest BCUT2D eigenvalue weighted by atomic mass is 16.5. The van der Waals surface area contributed by atoms with Crippen molar-refractivity contribution in [2.75, 3.05) is 26.4 Å². The molecule has 0 bridgehead atoms. The lowest BCUT2D eigenvalue weighted by molar-refractivity contribution is -0.118. The van der Waals surface area contributed by atoms with Gasteiger partial charge in [-0.2, -0.15) is 0 Å². The molecule has 0 aliphatic rings. The number of amides is 1. The van der Waals surface area contributed by atoms with Gasteiger partial charge in [0.2, 0.25) is 5.91 Å². The van der Waals surface area contributed by atoms with Gasteiger partial charge in [0.1, 0.15) is 0 Å². The van der Waals surface area contributed by atoms with Gasteiger partial charge < -0.3 is 25.6 Å². The van der Waals surface area contributed by atoms with Crippen molar-refractivity contribution >= 4 is 5.91 Å². The highest BCUT2D eigenvalue weighted by Crippen LogP contribution is 1.92. The van der Waals surface area contributed by atoms with Gasteiger partial charge >= 0.3 is 0 Å². The van der Waals surface area contributed by atoms with Gasteiger partial charge in [-0.05, 0) is 20.8 Å². The van der Waals surface area contributed by atoms with E-state index in [1.54, 1.807) is 0 Å². The van der Waals surface area contributed by atoms with Crippen LogP contribution >= 0.6 is 0 Å². The average molecular weight is 262 g/mol. The van der Waals surface area contributed by atoms with Crippen molar-refractivity contribution in [1.82, 2.24) is 5.32 Å². The second-order valence-electron chi connectivity index (χ2n) is 4.63. The molecule has 6 nitrogen and oxygen atoms in total. The van der Waals surface area contributed by atoms with Crippen LogP contribution < -0.4 is 11.1 Å². The van der Waals surface area contributed by atoms with Gasteiger partial charge in [0.25, 0.3) is 0 Å². The maximum Gasteiger partial charge on any atom is 0.218 e. The minimum atomic E-state index is -0.598. The molecule has 0 aromatic carbocycles. The number of aliphatic hydroxyl groups excluding tert-OH is 1. The van der Waals surface area contributed by atoms with E-state index < -0.39 is 6.10 Å². The van der Waals surface area contributed by atoms with Crippen molar-refractivity contribution in [3.05, 3.63) is 0 Å². The Hall–Kier alpha value is -0.690. The summed E-state index contributed by atoms with van der Waals surface area (Å²) in [6, 6.07) is -0.0403. The van der Waals surface area contributed by atoms with Gasteiger partial charge in [-0.15, -0.1) is 0 Å². The van der Waals surface area contributed by atoms with Gasteiger partial charge in [0.15, 0.2) is 0 Å². The Labute approximate surface area is 109 Å². The second-order valence-corrected chi connectivity index (χ2v) is 4.63. The SMILES string of the molecule is CC(CC(N)=O)NCC(O)COCCOC(C)C. The molecule has 0 heterocycles. The summed E-state index contributed by atoms with van der Waals surface area (Å²) in [5, 5.41) is 12.6. The Morgan fingerprint density at radius 2 is 2.00 bits per heavy atom. The molecule has 0 fully saturated rings. The van der Waals surface area contributed by atoms with E-state index in [0.29, 0.717) is 19.8 Å². The van der Waals surface area contributed by atoms with Crippen molar-refractivity contribution in [3.63, 3.8) is 0 Å². The summed E-state index contributed by atoms with van der Waals surface area (Å²) < 4.78 is 10.5. The van der Waals surface area contributed by atoms with Crippen molar-refractivity contribution < 1.29 is 19.4 Å². The van der Waals surface area contributed by atoms with Gasteiger partial charge in [-0.25, -0.2) is 0 Å². The molecule has 0 spiro atoms. The Kier molecular flexibility index (Phi) is 9.86. The molecule has 0 aliphatic heterocycles. The average Bonchev–Trinajstić information content (AvgIpc) is 2.24. The number of hydrogen-bond acceptors (Lipinski definition) is 5. The van der Waals surface area contributed by atoms with Crippen LogP contribution in [-0.2, 0) is 14.3 Å². The smallest absolute Gasteiger partial charge is 0.218 e. The first-order valence-corrected chi connectivity index (χ1v) is 6.31. The molecule has 18 heavy (non-hydrogen) atoms. The van der Waals surface area contributed by atoms with E-state index >= 15 is 0 Å². The Balaban J connectivity index is 3.42. The molecule has 108 valence electrons. The van der Waals surface area contributed by atoms with Gasteiger partial charge in [0, 0.05) is 19.0 Å². The minimum Gasteiger partial charge on any atom is -0.389 e. The Bertz CT molecular complexity index is 224. The number of rotatable bonds is 11. The normalized spacial score (nSPS) is 14.7. The zero-order valence-electron chi connectivity index (χ0n) is 11.5. The van der Waals surface area contributed by atoms with Crippen LogP contribution in [0, 0.1) is 0 Å². The van der Waals surface area contributed by atoms with Crippen LogP contribution in [0.3, 0.4) is 0 Å². The molecule has 0 radical (unpaired) electrons. The predicted octanol–water partition coefficient (Wildman–Crippen LogP) is -0.358. The maximum atomic E-state index is 10.6. The maximum absolute atomic E-state index is 10.6. The number of nitrogens with two attached hydrogens (primary N) is 1. The van der Waals surface area contributed by atoms with E-state index in [1.165, 1.54) is 0 Å². The molecule has 1 amide bonds. The van der Waals surface area contributed by atoms with Crippen LogP contribution in [0.2, 0.25) is 0 Å². The van der Waals surface area contributed by atoms with Crippen LogP contribution in [0.25, 0.3) is 0 Å². The van der Waals surface area contributed by atoms with E-state index in [-0.39, 0.29) is 31.1 Å². The molecule has 6 heteroatoms. The molecule has 0 saturated carbocycles. The monoisotopic (exact) mass is 262 g/mol. The summed E-state index contributed by atoms with van der Waals surface area (Å²) in [6.45, 7) is 7.37. The summed E-state index contributed by atoms with van der Waals surface area (Å²) in [5.74, 6) is -0.355. The summed E-state index contributed by atoms with van der Waals surface area (Å²) in [6.07, 6.45) is -0.148. The molecule has 0 aromatic rings. The van der Waals surface area contributed by atoms with Crippen molar-refractivity contribution in [3.8, 4) is 0 Å². The first-order valence-electron chi connectivity index (χ1n) is 6.31. The first-order chi connectivity index (χ1) is 8.41. The number of aliphatic hydroxyl groups is 1. The topological polar surface area (TPSA) is 93.8 Å². The van der Waals surface area contributed by atoms with Crippen LogP contribution in [0.5, 0.6) is 0 Å². The van der Waals surface area contributed by atoms with Crippen molar-refractivity contribution in [1.29, 1.82) is 0 Å². The summed E-state index contributed by atoms with van der Waals surface area (Å²) in [7, 11) is 0. The third-order valence-electron chi connectivity index (χ3n) is 2.20. The number of ether oxygens (including phenoxy) is 2. The molecular weight excluding hydrogens is 236 g/mol. The van der Waals surface area contributed by atoms with E-state index in [1.807, 2.05) is 20.8 Å². The second kappa shape index (κ2) is 10.3. The Morgan fingerprint density at radius 1 is 1.33 bits per heavy atom. The summed E-state index contributed by atoms with van der Waals surface area (Å²) >= 11 is 0. The largest absolute Gasteiger partial charge is 0.389 e. The summed E-state index contributed by atoms with van der Waals surface area (Å²) in [5.41, 5.74) is 5.06. The zero-order chi connectivity index (χ0) is 14.0. The highest BCUT2D eigenvalue weighted by molar-refractivity contribution is 5.74. The fourth-order valence-corrected chi connectivity index (χ4v) is 1.33.